The smallest absolute Gasteiger partial charge is 0.123 e. The van der Waals surface area contributed by atoms with Gasteiger partial charge in [-0.25, -0.2) is 4.39 Å². The predicted octanol–water partition coefficient (Wildman–Crippen LogP) is -0.116. The molecule has 4 N–H and O–H groups in total. The SMILES string of the molecule is C[C@H]1OC(CO)[C@@H](O)C(O)C1O.FCCOc1ccccc1. The van der Waals surface area contributed by atoms with Gasteiger partial charge in [0.2, 0.25) is 0 Å². The molecule has 22 heavy (non-hydrogen) atoms. The Bertz CT molecular complexity index is 400. The van der Waals surface area contributed by atoms with Crippen molar-refractivity contribution in [3.63, 3.8) is 0 Å². The Kier molecular flexibility index (Phi) is 8.29. The molecule has 0 aromatic heterocycles. The van der Waals surface area contributed by atoms with Crippen LogP contribution >= 0.6 is 0 Å². The number of halogens is 1. The average Bonchev–Trinajstić information content (AvgIpc) is 2.56. The van der Waals surface area contributed by atoms with Gasteiger partial charge in [-0.05, 0) is 19.1 Å². The Morgan fingerprint density at radius 3 is 2.27 bits per heavy atom. The number of benzene rings is 1. The first kappa shape index (κ1) is 18.8. The summed E-state index contributed by atoms with van der Waals surface area (Å²) in [5, 5.41) is 36.4. The summed E-state index contributed by atoms with van der Waals surface area (Å²) in [6.07, 6.45) is -4.94. The number of hydrogen-bond acceptors (Lipinski definition) is 6. The monoisotopic (exact) mass is 318 g/mol. The molecule has 7 heteroatoms. The van der Waals surface area contributed by atoms with E-state index >= 15 is 0 Å². The number of ether oxygens (including phenoxy) is 2. The summed E-state index contributed by atoms with van der Waals surface area (Å²) in [5.74, 6) is 0.722. The van der Waals surface area contributed by atoms with Crippen molar-refractivity contribution in [2.75, 3.05) is 19.9 Å². The zero-order chi connectivity index (χ0) is 16.5. The molecule has 126 valence electrons. The second-order valence-corrected chi connectivity index (χ2v) is 4.88. The van der Waals surface area contributed by atoms with Crippen LogP contribution in [0.5, 0.6) is 5.75 Å². The third-order valence-electron chi connectivity index (χ3n) is 3.22. The minimum absolute atomic E-state index is 0.143. The Morgan fingerprint density at radius 2 is 1.73 bits per heavy atom. The molecule has 1 fully saturated rings. The van der Waals surface area contributed by atoms with Crippen LogP contribution in [0, 0.1) is 0 Å². The van der Waals surface area contributed by atoms with Crippen molar-refractivity contribution < 1.29 is 34.3 Å². The number of aliphatic hydroxyl groups is 4. The van der Waals surface area contributed by atoms with Gasteiger partial charge in [0.05, 0.1) is 12.7 Å². The maximum atomic E-state index is 11.6. The van der Waals surface area contributed by atoms with E-state index in [2.05, 4.69) is 0 Å². The maximum absolute atomic E-state index is 11.6. The molecule has 1 saturated heterocycles. The first-order valence-electron chi connectivity index (χ1n) is 7.05. The van der Waals surface area contributed by atoms with Gasteiger partial charge in [-0.3, -0.25) is 0 Å². The van der Waals surface area contributed by atoms with E-state index in [0.717, 1.165) is 5.75 Å². The third-order valence-corrected chi connectivity index (χ3v) is 3.22. The van der Waals surface area contributed by atoms with Gasteiger partial charge < -0.3 is 29.9 Å². The van der Waals surface area contributed by atoms with Crippen molar-refractivity contribution in [2.45, 2.75) is 37.4 Å². The van der Waals surface area contributed by atoms with Crippen molar-refractivity contribution in [3.8, 4) is 5.75 Å². The Labute approximate surface area is 128 Å². The molecule has 1 aromatic carbocycles. The Hall–Kier alpha value is -1.25. The van der Waals surface area contributed by atoms with E-state index in [9.17, 15) is 19.7 Å². The number of alkyl halides is 1. The molecule has 0 aliphatic carbocycles. The van der Waals surface area contributed by atoms with E-state index in [1.165, 1.54) is 0 Å². The van der Waals surface area contributed by atoms with E-state index in [1.54, 1.807) is 19.1 Å². The lowest BCUT2D eigenvalue weighted by molar-refractivity contribution is -0.224. The van der Waals surface area contributed by atoms with Crippen LogP contribution in [0.3, 0.4) is 0 Å². The zero-order valence-electron chi connectivity index (χ0n) is 12.4. The fourth-order valence-corrected chi connectivity index (χ4v) is 1.96. The van der Waals surface area contributed by atoms with Gasteiger partial charge in [-0.15, -0.1) is 0 Å². The number of hydrogen-bond donors (Lipinski definition) is 4. The molecular formula is C15H23FO6. The first-order chi connectivity index (χ1) is 10.5. The quantitative estimate of drug-likeness (QED) is 0.618. The summed E-state index contributed by atoms with van der Waals surface area (Å²) in [6.45, 7) is 0.913. The topological polar surface area (TPSA) is 99.4 Å². The van der Waals surface area contributed by atoms with Crippen molar-refractivity contribution in [1.82, 2.24) is 0 Å². The summed E-state index contributed by atoms with van der Waals surface area (Å²) in [6, 6.07) is 9.20. The lowest BCUT2D eigenvalue weighted by atomic mass is 9.96. The van der Waals surface area contributed by atoms with Crippen molar-refractivity contribution >= 4 is 0 Å². The Morgan fingerprint density at radius 1 is 1.09 bits per heavy atom. The molecule has 5 atom stereocenters. The predicted molar refractivity (Wildman–Crippen MR) is 77.4 cm³/mol. The Balaban J connectivity index is 0.000000224. The lowest BCUT2D eigenvalue weighted by Gasteiger charge is -2.38. The number of rotatable bonds is 4. The molecule has 3 unspecified atom stereocenters. The second-order valence-electron chi connectivity index (χ2n) is 4.88. The van der Waals surface area contributed by atoms with Crippen molar-refractivity contribution in [2.24, 2.45) is 0 Å². The molecule has 0 amide bonds. The molecule has 1 aliphatic heterocycles. The highest BCUT2D eigenvalue weighted by Gasteiger charge is 2.41. The second kappa shape index (κ2) is 9.70. The highest BCUT2D eigenvalue weighted by Crippen LogP contribution is 2.20. The number of para-hydroxylation sites is 1. The van der Waals surface area contributed by atoms with Crippen molar-refractivity contribution in [1.29, 1.82) is 0 Å². The largest absolute Gasteiger partial charge is 0.491 e. The van der Waals surface area contributed by atoms with Gasteiger partial charge in [-0.1, -0.05) is 18.2 Å². The molecule has 1 aliphatic rings. The minimum atomic E-state index is -1.24. The van der Waals surface area contributed by atoms with Crippen LogP contribution in [0.1, 0.15) is 6.92 Å². The molecule has 1 aromatic rings. The molecule has 2 rings (SSSR count). The zero-order valence-corrected chi connectivity index (χ0v) is 12.4. The van der Waals surface area contributed by atoms with Crippen LogP contribution < -0.4 is 4.74 Å². The van der Waals surface area contributed by atoms with Crippen LogP contribution in [0.2, 0.25) is 0 Å². The summed E-state index contributed by atoms with van der Waals surface area (Å²) >= 11 is 0. The van der Waals surface area contributed by atoms with E-state index in [1.807, 2.05) is 18.2 Å². The number of aliphatic hydroxyl groups excluding tert-OH is 4. The van der Waals surface area contributed by atoms with Gasteiger partial charge in [0, 0.05) is 0 Å². The maximum Gasteiger partial charge on any atom is 0.123 e. The normalized spacial score (nSPS) is 31.1. The highest BCUT2D eigenvalue weighted by atomic mass is 19.1. The van der Waals surface area contributed by atoms with E-state index < -0.39 is 37.2 Å². The minimum Gasteiger partial charge on any atom is -0.491 e. The summed E-state index contributed by atoms with van der Waals surface area (Å²) < 4.78 is 21.6. The van der Waals surface area contributed by atoms with Crippen molar-refractivity contribution in [3.05, 3.63) is 30.3 Å². The van der Waals surface area contributed by atoms with Crippen LogP contribution in [0.4, 0.5) is 4.39 Å². The molecule has 0 spiro atoms. The lowest BCUT2D eigenvalue weighted by Crippen LogP contribution is -2.57. The van der Waals surface area contributed by atoms with E-state index in [0.29, 0.717) is 0 Å². The standard InChI is InChI=1S/C8H9FO.C7H14O5/c9-6-7-10-8-4-2-1-3-5-8;1-3-5(9)7(11)6(10)4(2-8)12-3/h1-5H,6-7H2;3-11H,2H2,1H3/t;3-,4?,5?,6-,7?/m.1/s1. The van der Waals surface area contributed by atoms with Crippen LogP contribution in [-0.4, -0.2) is 70.8 Å². The van der Waals surface area contributed by atoms with Crippen LogP contribution in [0.15, 0.2) is 30.3 Å². The molecule has 0 bridgehead atoms. The summed E-state index contributed by atoms with van der Waals surface area (Å²) in [5.41, 5.74) is 0. The molecule has 0 radical (unpaired) electrons. The van der Waals surface area contributed by atoms with Crippen LogP contribution in [0.25, 0.3) is 0 Å². The van der Waals surface area contributed by atoms with Gasteiger partial charge in [0.25, 0.3) is 0 Å². The van der Waals surface area contributed by atoms with E-state index in [-0.39, 0.29) is 13.2 Å². The van der Waals surface area contributed by atoms with E-state index in [4.69, 9.17) is 14.6 Å². The van der Waals surface area contributed by atoms with Crippen LogP contribution in [-0.2, 0) is 4.74 Å². The first-order valence-corrected chi connectivity index (χ1v) is 7.05. The molecule has 1 heterocycles. The van der Waals surface area contributed by atoms with Gasteiger partial charge >= 0.3 is 0 Å². The summed E-state index contributed by atoms with van der Waals surface area (Å²) in [7, 11) is 0. The highest BCUT2D eigenvalue weighted by molar-refractivity contribution is 5.20. The van der Waals surface area contributed by atoms with Gasteiger partial charge in [0.1, 0.15) is 43.4 Å². The third kappa shape index (κ3) is 5.51. The molecule has 0 saturated carbocycles. The van der Waals surface area contributed by atoms with Gasteiger partial charge in [-0.2, -0.15) is 0 Å². The summed E-state index contributed by atoms with van der Waals surface area (Å²) in [4.78, 5) is 0. The average molecular weight is 318 g/mol. The molecular weight excluding hydrogens is 295 g/mol. The fourth-order valence-electron chi connectivity index (χ4n) is 1.96. The molecule has 6 nitrogen and oxygen atoms in total. The van der Waals surface area contributed by atoms with Gasteiger partial charge in [0.15, 0.2) is 0 Å². The fraction of sp³-hybridized carbons (Fsp3) is 0.600.